The fraction of sp³-hybridized carbons (Fsp3) is 0.462. The number of aldehydes is 1. The molecule has 1 aromatic carbocycles. The average Bonchev–Trinajstić information content (AvgIpc) is 2.34. The summed E-state index contributed by atoms with van der Waals surface area (Å²) in [4.78, 5) is 10.1. The summed E-state index contributed by atoms with van der Waals surface area (Å²) in [7, 11) is 1.62. The van der Waals surface area contributed by atoms with Gasteiger partial charge in [-0.1, -0.05) is 18.6 Å². The molecule has 16 heavy (non-hydrogen) atoms. The summed E-state index contributed by atoms with van der Waals surface area (Å²) < 4.78 is 5.04. The van der Waals surface area contributed by atoms with Gasteiger partial charge in [0.05, 0.1) is 13.2 Å². The van der Waals surface area contributed by atoms with Crippen LogP contribution in [0.4, 0.5) is 0 Å². The fourth-order valence-electron chi connectivity index (χ4n) is 1.56. The number of rotatable bonds is 7. The van der Waals surface area contributed by atoms with Gasteiger partial charge in [-0.15, -0.1) is 0 Å². The second-order valence-electron chi connectivity index (χ2n) is 3.74. The first-order valence-electron chi connectivity index (χ1n) is 5.53. The second kappa shape index (κ2) is 7.01. The van der Waals surface area contributed by atoms with E-state index in [2.05, 4.69) is 0 Å². The molecule has 0 aliphatic rings. The maximum atomic E-state index is 10.1. The van der Waals surface area contributed by atoms with Gasteiger partial charge in [-0.05, 0) is 30.5 Å². The third-order valence-electron chi connectivity index (χ3n) is 2.55. The molecule has 88 valence electrons. The van der Waals surface area contributed by atoms with Crippen molar-refractivity contribution in [3.63, 3.8) is 0 Å². The van der Waals surface area contributed by atoms with Gasteiger partial charge in [0.15, 0.2) is 0 Å². The summed E-state index contributed by atoms with van der Waals surface area (Å²) in [5.41, 5.74) is 0.895. The Kier molecular flexibility index (Phi) is 5.57. The first-order chi connectivity index (χ1) is 7.77. The number of methoxy groups -OCH3 is 1. The number of ether oxygens (including phenoxy) is 1. The van der Waals surface area contributed by atoms with E-state index in [9.17, 15) is 9.90 Å². The van der Waals surface area contributed by atoms with E-state index in [0.29, 0.717) is 12.8 Å². The highest BCUT2D eigenvalue weighted by Crippen LogP contribution is 2.21. The lowest BCUT2D eigenvalue weighted by Gasteiger charge is -2.10. The highest BCUT2D eigenvalue weighted by Gasteiger charge is 2.06. The highest BCUT2D eigenvalue weighted by molar-refractivity contribution is 5.48. The second-order valence-corrected chi connectivity index (χ2v) is 3.74. The van der Waals surface area contributed by atoms with Crippen LogP contribution in [0.2, 0.25) is 0 Å². The Morgan fingerprint density at radius 1 is 1.31 bits per heavy atom. The van der Waals surface area contributed by atoms with Gasteiger partial charge in [0, 0.05) is 6.42 Å². The van der Waals surface area contributed by atoms with E-state index in [0.717, 1.165) is 30.4 Å². The van der Waals surface area contributed by atoms with Crippen molar-refractivity contribution in [2.45, 2.75) is 31.8 Å². The van der Waals surface area contributed by atoms with E-state index >= 15 is 0 Å². The van der Waals surface area contributed by atoms with Crippen molar-refractivity contribution in [3.05, 3.63) is 29.8 Å². The number of benzene rings is 1. The van der Waals surface area contributed by atoms with Crippen molar-refractivity contribution in [3.8, 4) is 5.75 Å². The van der Waals surface area contributed by atoms with Gasteiger partial charge < -0.3 is 14.6 Å². The molecule has 0 radical (unpaired) electrons. The van der Waals surface area contributed by atoms with Gasteiger partial charge in [-0.3, -0.25) is 0 Å². The predicted octanol–water partition coefficient (Wildman–Crippen LogP) is 2.49. The SMILES string of the molecule is COc1ccc(C(O)CCCCC=O)cc1. The summed E-state index contributed by atoms with van der Waals surface area (Å²) in [5, 5.41) is 9.85. The lowest BCUT2D eigenvalue weighted by Crippen LogP contribution is -1.97. The Morgan fingerprint density at radius 3 is 2.56 bits per heavy atom. The zero-order chi connectivity index (χ0) is 11.8. The molecule has 1 unspecified atom stereocenters. The van der Waals surface area contributed by atoms with Crippen molar-refractivity contribution in [2.75, 3.05) is 7.11 Å². The molecule has 1 rings (SSSR count). The standard InChI is InChI=1S/C13H18O3/c1-16-12-8-6-11(7-9-12)13(15)5-3-2-4-10-14/h6-10,13,15H,2-5H2,1H3. The maximum Gasteiger partial charge on any atom is 0.119 e. The number of unbranched alkanes of at least 4 members (excludes halogenated alkanes) is 2. The van der Waals surface area contributed by atoms with Crippen molar-refractivity contribution in [1.29, 1.82) is 0 Å². The van der Waals surface area contributed by atoms with Crippen molar-refractivity contribution < 1.29 is 14.6 Å². The van der Waals surface area contributed by atoms with Crippen molar-refractivity contribution in [1.82, 2.24) is 0 Å². The largest absolute Gasteiger partial charge is 0.497 e. The molecule has 0 bridgehead atoms. The number of carbonyl (C=O) groups is 1. The normalized spacial score (nSPS) is 12.1. The van der Waals surface area contributed by atoms with Gasteiger partial charge in [-0.2, -0.15) is 0 Å². The van der Waals surface area contributed by atoms with E-state index in [4.69, 9.17) is 4.74 Å². The van der Waals surface area contributed by atoms with Gasteiger partial charge in [0.25, 0.3) is 0 Å². The number of aliphatic hydroxyl groups is 1. The van der Waals surface area contributed by atoms with Crippen LogP contribution in [0.25, 0.3) is 0 Å². The van der Waals surface area contributed by atoms with Crippen LogP contribution in [0.5, 0.6) is 5.75 Å². The number of aliphatic hydroxyl groups excluding tert-OH is 1. The zero-order valence-electron chi connectivity index (χ0n) is 9.56. The third kappa shape index (κ3) is 4.03. The highest BCUT2D eigenvalue weighted by atomic mass is 16.5. The Bertz CT molecular complexity index is 305. The monoisotopic (exact) mass is 222 g/mol. The van der Waals surface area contributed by atoms with Crippen LogP contribution in [0, 0.1) is 0 Å². The van der Waals surface area contributed by atoms with Crippen LogP contribution in [0.1, 0.15) is 37.4 Å². The Labute approximate surface area is 96.1 Å². The minimum Gasteiger partial charge on any atom is -0.497 e. The van der Waals surface area contributed by atoms with Gasteiger partial charge in [-0.25, -0.2) is 0 Å². The van der Waals surface area contributed by atoms with E-state index < -0.39 is 6.10 Å². The van der Waals surface area contributed by atoms with Gasteiger partial charge in [0.2, 0.25) is 0 Å². The van der Waals surface area contributed by atoms with Crippen LogP contribution in [0.15, 0.2) is 24.3 Å². The summed E-state index contributed by atoms with van der Waals surface area (Å²) in [6.45, 7) is 0. The number of hydrogen-bond acceptors (Lipinski definition) is 3. The van der Waals surface area contributed by atoms with Crippen LogP contribution >= 0.6 is 0 Å². The minimum absolute atomic E-state index is 0.447. The first kappa shape index (κ1) is 12.7. The van der Waals surface area contributed by atoms with E-state index in [1.54, 1.807) is 7.11 Å². The fourth-order valence-corrected chi connectivity index (χ4v) is 1.56. The molecule has 0 spiro atoms. The molecular formula is C13H18O3. The van der Waals surface area contributed by atoms with E-state index in [-0.39, 0.29) is 0 Å². The molecule has 0 aliphatic heterocycles. The lowest BCUT2D eigenvalue weighted by molar-refractivity contribution is -0.107. The Morgan fingerprint density at radius 2 is 2.00 bits per heavy atom. The molecule has 3 heteroatoms. The lowest BCUT2D eigenvalue weighted by atomic mass is 10.0. The molecule has 0 fully saturated rings. The van der Waals surface area contributed by atoms with Crippen LogP contribution in [-0.4, -0.2) is 18.5 Å². The smallest absolute Gasteiger partial charge is 0.119 e. The average molecular weight is 222 g/mol. The molecule has 3 nitrogen and oxygen atoms in total. The summed E-state index contributed by atoms with van der Waals surface area (Å²) in [6.07, 6.45) is 3.45. The molecule has 1 atom stereocenters. The molecule has 0 amide bonds. The number of carbonyl (C=O) groups excluding carboxylic acids is 1. The summed E-state index contributed by atoms with van der Waals surface area (Å²) in [5.74, 6) is 0.789. The molecule has 0 saturated heterocycles. The zero-order valence-corrected chi connectivity index (χ0v) is 9.56. The summed E-state index contributed by atoms with van der Waals surface area (Å²) in [6, 6.07) is 7.40. The first-order valence-corrected chi connectivity index (χ1v) is 5.53. The topological polar surface area (TPSA) is 46.5 Å². The predicted molar refractivity (Wildman–Crippen MR) is 62.5 cm³/mol. The maximum absolute atomic E-state index is 10.1. The van der Waals surface area contributed by atoms with Gasteiger partial charge in [0.1, 0.15) is 12.0 Å². The molecule has 0 saturated carbocycles. The summed E-state index contributed by atoms with van der Waals surface area (Å²) >= 11 is 0. The van der Waals surface area contributed by atoms with Crippen LogP contribution in [-0.2, 0) is 4.79 Å². The quantitative estimate of drug-likeness (QED) is 0.569. The van der Waals surface area contributed by atoms with Crippen molar-refractivity contribution in [2.24, 2.45) is 0 Å². The van der Waals surface area contributed by atoms with E-state index in [1.165, 1.54) is 0 Å². The molecule has 1 aromatic rings. The van der Waals surface area contributed by atoms with Crippen molar-refractivity contribution >= 4 is 6.29 Å². The molecule has 0 aromatic heterocycles. The Hall–Kier alpha value is -1.35. The Balaban J connectivity index is 2.39. The minimum atomic E-state index is -0.447. The van der Waals surface area contributed by atoms with E-state index in [1.807, 2.05) is 24.3 Å². The molecule has 0 heterocycles. The molecule has 1 N–H and O–H groups in total. The van der Waals surface area contributed by atoms with Crippen LogP contribution in [0.3, 0.4) is 0 Å². The van der Waals surface area contributed by atoms with Crippen LogP contribution < -0.4 is 4.74 Å². The molecule has 0 aliphatic carbocycles. The molecular weight excluding hydrogens is 204 g/mol. The van der Waals surface area contributed by atoms with Gasteiger partial charge >= 0.3 is 0 Å². The number of hydrogen-bond donors (Lipinski definition) is 1. The third-order valence-corrected chi connectivity index (χ3v) is 2.55.